The lowest BCUT2D eigenvalue weighted by Crippen LogP contribution is -2.53. The molecule has 0 bridgehead atoms. The minimum Gasteiger partial charge on any atom is -0.493 e. The van der Waals surface area contributed by atoms with Crippen LogP contribution in [-0.4, -0.2) is 66.7 Å². The topological polar surface area (TPSA) is 65.9 Å². The molecule has 0 spiro atoms. The van der Waals surface area contributed by atoms with Crippen molar-refractivity contribution in [3.8, 4) is 5.75 Å². The number of nitrogens with zero attached hydrogens (tertiary/aromatic N) is 5. The number of aromatic nitrogens is 2. The van der Waals surface area contributed by atoms with Crippen LogP contribution in [0.1, 0.15) is 24.8 Å². The van der Waals surface area contributed by atoms with Gasteiger partial charge in [-0.1, -0.05) is 18.2 Å². The summed E-state index contributed by atoms with van der Waals surface area (Å²) in [4.78, 5) is 18.3. The predicted octanol–water partition coefficient (Wildman–Crippen LogP) is 2.75. The van der Waals surface area contributed by atoms with Gasteiger partial charge in [-0.25, -0.2) is 9.97 Å². The van der Waals surface area contributed by atoms with Crippen LogP contribution in [0.4, 0.5) is 5.95 Å². The summed E-state index contributed by atoms with van der Waals surface area (Å²) in [6.45, 7) is 8.15. The van der Waals surface area contributed by atoms with Crippen LogP contribution in [0.3, 0.4) is 0 Å². The Bertz CT molecular complexity index is 795. The number of nitrogens with one attached hydrogen (secondary N) is 1. The molecule has 0 saturated carbocycles. The second-order valence-corrected chi connectivity index (χ2v) is 7.09. The lowest BCUT2D eigenvalue weighted by Gasteiger charge is -2.36. The van der Waals surface area contributed by atoms with Gasteiger partial charge in [-0.3, -0.25) is 4.99 Å². The van der Waals surface area contributed by atoms with Gasteiger partial charge in [-0.05, 0) is 31.0 Å². The number of anilines is 1. The Kier molecular flexibility index (Phi) is 7.91. The molecule has 0 aliphatic carbocycles. The number of para-hydroxylation sites is 1. The molecule has 2 aliphatic rings. The van der Waals surface area contributed by atoms with E-state index in [2.05, 4.69) is 50.2 Å². The molecule has 3 heterocycles. The molecular weight excluding hydrogens is 479 g/mol. The number of rotatable bonds is 4. The van der Waals surface area contributed by atoms with Crippen LogP contribution in [-0.2, 0) is 0 Å². The fraction of sp³-hybridized carbons (Fsp3) is 0.476. The minimum atomic E-state index is 0. The molecule has 8 heteroatoms. The predicted molar refractivity (Wildman–Crippen MR) is 127 cm³/mol. The molecule has 1 aromatic carbocycles. The number of fused-ring (bicyclic) bond motifs is 1. The lowest BCUT2D eigenvalue weighted by molar-refractivity contribution is 0.268. The number of aliphatic imine (C=N–C) groups is 1. The average Bonchev–Trinajstić information content (AvgIpc) is 2.77. The maximum Gasteiger partial charge on any atom is 0.225 e. The summed E-state index contributed by atoms with van der Waals surface area (Å²) in [6, 6.07) is 10.2. The van der Waals surface area contributed by atoms with E-state index in [-0.39, 0.29) is 24.0 Å². The third kappa shape index (κ3) is 5.29. The van der Waals surface area contributed by atoms with Crippen LogP contribution in [0.15, 0.2) is 47.7 Å². The largest absolute Gasteiger partial charge is 0.493 e. The van der Waals surface area contributed by atoms with Crippen LogP contribution in [0.25, 0.3) is 0 Å². The van der Waals surface area contributed by atoms with Crippen molar-refractivity contribution in [2.75, 3.05) is 50.8 Å². The molecule has 4 rings (SSSR count). The van der Waals surface area contributed by atoms with E-state index in [9.17, 15) is 0 Å². The molecule has 1 aromatic heterocycles. The second kappa shape index (κ2) is 10.6. The first-order chi connectivity index (χ1) is 13.8. The summed E-state index contributed by atoms with van der Waals surface area (Å²) in [6.07, 6.45) is 4.61. The summed E-state index contributed by atoms with van der Waals surface area (Å²) >= 11 is 0. The zero-order valence-corrected chi connectivity index (χ0v) is 19.2. The summed E-state index contributed by atoms with van der Waals surface area (Å²) in [5, 5.41) is 3.47. The van der Waals surface area contributed by atoms with E-state index < -0.39 is 0 Å². The third-order valence-electron chi connectivity index (χ3n) is 5.29. The first kappa shape index (κ1) is 21.6. The quantitative estimate of drug-likeness (QED) is 0.390. The van der Waals surface area contributed by atoms with E-state index >= 15 is 0 Å². The average molecular weight is 508 g/mol. The number of hydrogen-bond acceptors (Lipinski definition) is 5. The van der Waals surface area contributed by atoms with Crippen LogP contribution in [0.5, 0.6) is 5.75 Å². The highest BCUT2D eigenvalue weighted by Gasteiger charge is 2.23. The first-order valence-electron chi connectivity index (χ1n) is 10.1. The van der Waals surface area contributed by atoms with Crippen molar-refractivity contribution >= 4 is 35.9 Å². The maximum atomic E-state index is 5.79. The number of benzene rings is 1. The van der Waals surface area contributed by atoms with Gasteiger partial charge in [0.2, 0.25) is 5.95 Å². The highest BCUT2D eigenvalue weighted by atomic mass is 127. The number of guanidine groups is 1. The molecule has 1 saturated heterocycles. The van der Waals surface area contributed by atoms with Crippen molar-refractivity contribution in [3.05, 3.63) is 48.3 Å². The maximum absolute atomic E-state index is 5.79. The highest BCUT2D eigenvalue weighted by Crippen LogP contribution is 2.33. The zero-order chi connectivity index (χ0) is 19.2. The normalized spacial score (nSPS) is 19.1. The van der Waals surface area contributed by atoms with Crippen LogP contribution in [0.2, 0.25) is 0 Å². The fourth-order valence-corrected chi connectivity index (χ4v) is 3.80. The van der Waals surface area contributed by atoms with Crippen molar-refractivity contribution in [3.63, 3.8) is 0 Å². The SMILES string of the molecule is CCNC(=NCC1CCOc2ccccc21)N1CCN(c2ncccn2)CC1.I. The molecule has 1 atom stereocenters. The molecule has 0 amide bonds. The molecule has 1 fully saturated rings. The molecule has 1 unspecified atom stereocenters. The van der Waals surface area contributed by atoms with Gasteiger partial charge < -0.3 is 19.9 Å². The van der Waals surface area contributed by atoms with Gasteiger partial charge in [0.1, 0.15) is 5.75 Å². The van der Waals surface area contributed by atoms with E-state index in [1.54, 1.807) is 12.4 Å². The molecule has 7 nitrogen and oxygen atoms in total. The highest BCUT2D eigenvalue weighted by molar-refractivity contribution is 14.0. The van der Waals surface area contributed by atoms with Gasteiger partial charge in [0, 0.05) is 57.6 Å². The van der Waals surface area contributed by atoms with Crippen LogP contribution < -0.4 is 15.0 Å². The molecule has 2 aromatic rings. The van der Waals surface area contributed by atoms with E-state index in [0.29, 0.717) is 5.92 Å². The molecule has 156 valence electrons. The minimum absolute atomic E-state index is 0. The lowest BCUT2D eigenvalue weighted by atomic mass is 9.93. The Morgan fingerprint density at radius 1 is 1.14 bits per heavy atom. The second-order valence-electron chi connectivity index (χ2n) is 7.09. The Labute approximate surface area is 189 Å². The van der Waals surface area contributed by atoms with Crippen molar-refractivity contribution in [2.45, 2.75) is 19.3 Å². The number of piperazine rings is 1. The molecule has 29 heavy (non-hydrogen) atoms. The van der Waals surface area contributed by atoms with Crippen LogP contribution >= 0.6 is 24.0 Å². The van der Waals surface area contributed by atoms with Crippen molar-refractivity contribution in [2.24, 2.45) is 4.99 Å². The summed E-state index contributed by atoms with van der Waals surface area (Å²) in [7, 11) is 0. The Morgan fingerprint density at radius 2 is 1.90 bits per heavy atom. The van der Waals surface area contributed by atoms with Crippen molar-refractivity contribution < 1.29 is 4.74 Å². The fourth-order valence-electron chi connectivity index (χ4n) is 3.80. The van der Waals surface area contributed by atoms with Gasteiger partial charge in [0.15, 0.2) is 5.96 Å². The molecular formula is C21H29IN6O. The van der Waals surface area contributed by atoms with Gasteiger partial charge in [-0.15, -0.1) is 24.0 Å². The third-order valence-corrected chi connectivity index (χ3v) is 5.29. The molecule has 0 radical (unpaired) electrons. The van der Waals surface area contributed by atoms with Crippen molar-refractivity contribution in [1.29, 1.82) is 0 Å². The van der Waals surface area contributed by atoms with Crippen LogP contribution in [0, 0.1) is 0 Å². The number of hydrogen-bond donors (Lipinski definition) is 1. The van der Waals surface area contributed by atoms with E-state index in [1.807, 2.05) is 12.1 Å². The summed E-state index contributed by atoms with van der Waals surface area (Å²) < 4.78 is 5.79. The van der Waals surface area contributed by atoms with Gasteiger partial charge >= 0.3 is 0 Å². The van der Waals surface area contributed by atoms with E-state index in [4.69, 9.17) is 9.73 Å². The first-order valence-corrected chi connectivity index (χ1v) is 10.1. The molecule has 2 aliphatic heterocycles. The van der Waals surface area contributed by atoms with Gasteiger partial charge in [0.05, 0.1) is 6.61 Å². The molecule has 1 N–H and O–H groups in total. The number of halogens is 1. The zero-order valence-electron chi connectivity index (χ0n) is 16.8. The summed E-state index contributed by atoms with van der Waals surface area (Å²) in [5.41, 5.74) is 1.28. The monoisotopic (exact) mass is 508 g/mol. The smallest absolute Gasteiger partial charge is 0.225 e. The van der Waals surface area contributed by atoms with Gasteiger partial charge in [-0.2, -0.15) is 0 Å². The standard InChI is InChI=1S/C21H28N6O.HI/c1-2-22-20(25-16-17-8-15-28-19-7-4-3-6-18(17)19)26-11-13-27(14-12-26)21-23-9-5-10-24-21;/h3-7,9-10,17H,2,8,11-16H2,1H3,(H,22,25);1H. The number of ether oxygens (including phenoxy) is 1. The van der Waals surface area contributed by atoms with Gasteiger partial charge in [0.25, 0.3) is 0 Å². The van der Waals surface area contributed by atoms with Crippen molar-refractivity contribution in [1.82, 2.24) is 20.2 Å². The Balaban J connectivity index is 0.00000240. The van der Waals surface area contributed by atoms with E-state index in [0.717, 1.165) is 70.0 Å². The summed E-state index contributed by atoms with van der Waals surface area (Å²) in [5.74, 6) is 3.23. The Morgan fingerprint density at radius 3 is 2.66 bits per heavy atom. The van der Waals surface area contributed by atoms with E-state index in [1.165, 1.54) is 5.56 Å². The Hall–Kier alpha value is -2.10.